The van der Waals surface area contributed by atoms with Gasteiger partial charge in [-0.1, -0.05) is 18.2 Å². The number of likely N-dealkylation sites (tertiary alicyclic amines) is 1. The van der Waals surface area contributed by atoms with Gasteiger partial charge in [0.1, 0.15) is 5.82 Å². The molecule has 0 saturated carbocycles. The summed E-state index contributed by atoms with van der Waals surface area (Å²) in [5.41, 5.74) is 1.25. The molecule has 28 heavy (non-hydrogen) atoms. The lowest BCUT2D eigenvalue weighted by atomic mass is 10.0. The molecule has 0 N–H and O–H groups in total. The number of rotatable bonds is 3. The summed E-state index contributed by atoms with van der Waals surface area (Å²) in [4.78, 5) is 14.3. The van der Waals surface area contributed by atoms with Crippen molar-refractivity contribution >= 4 is 5.91 Å². The Morgan fingerprint density at radius 2 is 1.82 bits per heavy atom. The van der Waals surface area contributed by atoms with Crippen LogP contribution in [0.15, 0.2) is 54.9 Å². The topological polar surface area (TPSA) is 38.1 Å². The van der Waals surface area contributed by atoms with E-state index in [9.17, 15) is 18.0 Å². The van der Waals surface area contributed by atoms with Crippen molar-refractivity contribution in [1.82, 2.24) is 14.7 Å². The third-order valence-corrected chi connectivity index (χ3v) is 5.02. The van der Waals surface area contributed by atoms with Gasteiger partial charge in [-0.2, -0.15) is 5.10 Å². The number of hydrogen-bond acceptors (Lipinski definition) is 2. The highest BCUT2D eigenvalue weighted by atomic mass is 19.2. The van der Waals surface area contributed by atoms with Crippen LogP contribution in [-0.2, 0) is 0 Å². The van der Waals surface area contributed by atoms with Crippen molar-refractivity contribution in [2.75, 3.05) is 13.1 Å². The maximum atomic E-state index is 13.9. The number of nitrogens with zero attached hydrogens (tertiary/aromatic N) is 3. The third kappa shape index (κ3) is 3.52. The van der Waals surface area contributed by atoms with Gasteiger partial charge in [-0.15, -0.1) is 0 Å². The fourth-order valence-electron chi connectivity index (χ4n) is 3.52. The molecule has 4 rings (SSSR count). The van der Waals surface area contributed by atoms with Gasteiger partial charge in [-0.25, -0.2) is 13.2 Å². The first-order valence-electron chi connectivity index (χ1n) is 9.06. The second-order valence-electron chi connectivity index (χ2n) is 6.86. The lowest BCUT2D eigenvalue weighted by molar-refractivity contribution is 0.0668. The van der Waals surface area contributed by atoms with Crippen LogP contribution in [0.1, 0.15) is 29.2 Å². The maximum Gasteiger partial charge on any atom is 0.256 e. The summed E-state index contributed by atoms with van der Waals surface area (Å²) < 4.78 is 42.3. The normalized spacial score (nSPS) is 17.0. The van der Waals surface area contributed by atoms with Crippen LogP contribution in [0.2, 0.25) is 0 Å². The Labute approximate surface area is 160 Å². The highest BCUT2D eigenvalue weighted by Crippen LogP contribution is 2.26. The first-order chi connectivity index (χ1) is 13.5. The standard InChI is InChI=1S/C21H18F3N3O/c22-18-6-2-1-5-17(18)21(28)26-9-3-4-16(13-26)27-12-15(11-25-27)14-7-8-19(23)20(24)10-14/h1-2,5-8,10-12,16H,3-4,9,13H2. The van der Waals surface area contributed by atoms with Crippen molar-refractivity contribution < 1.29 is 18.0 Å². The molecule has 1 saturated heterocycles. The van der Waals surface area contributed by atoms with Gasteiger partial charge in [-0.3, -0.25) is 9.48 Å². The van der Waals surface area contributed by atoms with Crippen molar-refractivity contribution in [2.24, 2.45) is 0 Å². The molecule has 2 heterocycles. The van der Waals surface area contributed by atoms with Gasteiger partial charge >= 0.3 is 0 Å². The minimum atomic E-state index is -0.912. The monoisotopic (exact) mass is 385 g/mol. The summed E-state index contributed by atoms with van der Waals surface area (Å²) in [5.74, 6) is -2.68. The molecule has 7 heteroatoms. The van der Waals surface area contributed by atoms with Gasteiger partial charge < -0.3 is 4.90 Å². The van der Waals surface area contributed by atoms with E-state index in [0.717, 1.165) is 25.0 Å². The Morgan fingerprint density at radius 3 is 2.61 bits per heavy atom. The summed E-state index contributed by atoms with van der Waals surface area (Å²) in [6.07, 6.45) is 4.93. The van der Waals surface area contributed by atoms with Gasteiger partial charge in [0.25, 0.3) is 5.91 Å². The zero-order valence-corrected chi connectivity index (χ0v) is 15.0. The quantitative estimate of drug-likeness (QED) is 0.668. The first-order valence-corrected chi connectivity index (χ1v) is 9.06. The summed E-state index contributed by atoms with van der Waals surface area (Å²) in [7, 11) is 0. The van der Waals surface area contributed by atoms with E-state index in [2.05, 4.69) is 5.10 Å². The van der Waals surface area contributed by atoms with Crippen LogP contribution in [0.3, 0.4) is 0 Å². The van der Waals surface area contributed by atoms with E-state index >= 15 is 0 Å². The van der Waals surface area contributed by atoms with E-state index in [-0.39, 0.29) is 17.5 Å². The van der Waals surface area contributed by atoms with Crippen LogP contribution in [-0.4, -0.2) is 33.7 Å². The Hall–Kier alpha value is -3.09. The molecule has 3 aromatic rings. The molecule has 1 atom stereocenters. The van der Waals surface area contributed by atoms with E-state index in [4.69, 9.17) is 0 Å². The summed E-state index contributed by atoms with van der Waals surface area (Å²) in [6.45, 7) is 0.965. The number of carbonyl (C=O) groups excluding carboxylic acids is 1. The first kappa shape index (κ1) is 18.3. The van der Waals surface area contributed by atoms with Crippen LogP contribution >= 0.6 is 0 Å². The van der Waals surface area contributed by atoms with Crippen LogP contribution < -0.4 is 0 Å². The van der Waals surface area contributed by atoms with Gasteiger partial charge in [0.2, 0.25) is 0 Å². The molecule has 1 aromatic heterocycles. The number of amides is 1. The Kier molecular flexibility index (Phi) is 4.90. The minimum absolute atomic E-state index is 0.0612. The average Bonchev–Trinajstić information content (AvgIpc) is 3.20. The molecule has 2 aromatic carbocycles. The molecule has 1 fully saturated rings. The van der Waals surface area contributed by atoms with Gasteiger partial charge in [-0.05, 0) is 42.7 Å². The molecule has 1 amide bonds. The zero-order chi connectivity index (χ0) is 19.7. The van der Waals surface area contributed by atoms with Crippen molar-refractivity contribution in [3.8, 4) is 11.1 Å². The minimum Gasteiger partial charge on any atom is -0.336 e. The van der Waals surface area contributed by atoms with E-state index in [1.807, 2.05) is 0 Å². The summed E-state index contributed by atoms with van der Waals surface area (Å²) in [5, 5.41) is 4.34. The van der Waals surface area contributed by atoms with Gasteiger partial charge in [0, 0.05) is 24.8 Å². The molecule has 1 aliphatic heterocycles. The fourth-order valence-corrected chi connectivity index (χ4v) is 3.52. The molecule has 0 aliphatic carbocycles. The summed E-state index contributed by atoms with van der Waals surface area (Å²) in [6, 6.07) is 9.58. The van der Waals surface area contributed by atoms with E-state index in [1.165, 1.54) is 18.2 Å². The Balaban J connectivity index is 1.52. The second kappa shape index (κ2) is 7.50. The molecule has 0 bridgehead atoms. The number of aromatic nitrogens is 2. The smallest absolute Gasteiger partial charge is 0.256 e. The third-order valence-electron chi connectivity index (χ3n) is 5.02. The number of benzene rings is 2. The van der Waals surface area contributed by atoms with Crippen molar-refractivity contribution in [1.29, 1.82) is 0 Å². The predicted octanol–water partition coefficient (Wildman–Crippen LogP) is 4.44. The van der Waals surface area contributed by atoms with Crippen LogP contribution in [0.4, 0.5) is 13.2 Å². The Bertz CT molecular complexity index is 1020. The number of carbonyl (C=O) groups is 1. The highest BCUT2D eigenvalue weighted by molar-refractivity contribution is 5.94. The van der Waals surface area contributed by atoms with Gasteiger partial charge in [0.15, 0.2) is 11.6 Å². The van der Waals surface area contributed by atoms with Crippen molar-refractivity contribution in [3.63, 3.8) is 0 Å². The van der Waals surface area contributed by atoms with E-state index < -0.39 is 17.5 Å². The molecule has 1 unspecified atom stereocenters. The van der Waals surface area contributed by atoms with Crippen LogP contribution in [0, 0.1) is 17.5 Å². The van der Waals surface area contributed by atoms with Crippen LogP contribution in [0.25, 0.3) is 11.1 Å². The fraction of sp³-hybridized carbons (Fsp3) is 0.238. The zero-order valence-electron chi connectivity index (χ0n) is 15.0. The van der Waals surface area contributed by atoms with E-state index in [0.29, 0.717) is 24.2 Å². The predicted molar refractivity (Wildman–Crippen MR) is 98.2 cm³/mol. The number of hydrogen-bond donors (Lipinski definition) is 0. The molecule has 4 nitrogen and oxygen atoms in total. The van der Waals surface area contributed by atoms with Crippen LogP contribution in [0.5, 0.6) is 0 Å². The number of piperidine rings is 1. The molecule has 1 aliphatic rings. The molecule has 144 valence electrons. The molecular formula is C21H18F3N3O. The van der Waals surface area contributed by atoms with Gasteiger partial charge in [0.05, 0.1) is 17.8 Å². The van der Waals surface area contributed by atoms with Crippen molar-refractivity contribution in [2.45, 2.75) is 18.9 Å². The highest BCUT2D eigenvalue weighted by Gasteiger charge is 2.27. The molecule has 0 spiro atoms. The van der Waals surface area contributed by atoms with Crippen molar-refractivity contribution in [3.05, 3.63) is 77.9 Å². The lowest BCUT2D eigenvalue weighted by Gasteiger charge is -2.33. The van der Waals surface area contributed by atoms with E-state index in [1.54, 1.807) is 34.1 Å². The summed E-state index contributed by atoms with van der Waals surface area (Å²) >= 11 is 0. The largest absolute Gasteiger partial charge is 0.336 e. The Morgan fingerprint density at radius 1 is 1.00 bits per heavy atom. The average molecular weight is 385 g/mol. The number of halogens is 3. The molecule has 0 radical (unpaired) electrons. The maximum absolute atomic E-state index is 13.9. The molecular weight excluding hydrogens is 367 g/mol. The second-order valence-corrected chi connectivity index (χ2v) is 6.86. The lowest BCUT2D eigenvalue weighted by Crippen LogP contribution is -2.41. The SMILES string of the molecule is O=C(c1ccccc1F)N1CCCC(n2cc(-c3ccc(F)c(F)c3)cn2)C1.